The number of nitrogens with two attached hydrogens (primary N) is 1. The Morgan fingerprint density at radius 3 is 2.13 bits per heavy atom. The molecular formula is C28H34ClN5O5. The van der Waals surface area contributed by atoms with E-state index in [9.17, 15) is 24.4 Å². The molecule has 0 bridgehead atoms. The van der Waals surface area contributed by atoms with Crippen LogP contribution in [0.5, 0.6) is 0 Å². The van der Waals surface area contributed by atoms with E-state index >= 15 is 0 Å². The number of nitrogens with zero attached hydrogens (tertiary/aromatic N) is 2. The predicted molar refractivity (Wildman–Crippen MR) is 148 cm³/mol. The van der Waals surface area contributed by atoms with Crippen LogP contribution in [0.3, 0.4) is 0 Å². The first-order valence-corrected chi connectivity index (χ1v) is 12.6. The van der Waals surface area contributed by atoms with E-state index in [1.54, 1.807) is 77.9 Å². The van der Waals surface area contributed by atoms with Gasteiger partial charge in [0.1, 0.15) is 24.2 Å². The smallest absolute Gasteiger partial charge is 0.408 e. The van der Waals surface area contributed by atoms with Gasteiger partial charge in [0.25, 0.3) is 5.91 Å². The van der Waals surface area contributed by atoms with Gasteiger partial charge in [-0.3, -0.25) is 14.4 Å². The van der Waals surface area contributed by atoms with Crippen LogP contribution in [-0.2, 0) is 19.1 Å². The van der Waals surface area contributed by atoms with Crippen LogP contribution in [0.15, 0.2) is 36.4 Å². The largest absolute Gasteiger partial charge is 0.444 e. The van der Waals surface area contributed by atoms with E-state index in [1.807, 2.05) is 6.07 Å². The highest BCUT2D eigenvalue weighted by molar-refractivity contribution is 6.34. The van der Waals surface area contributed by atoms with Crippen molar-refractivity contribution in [3.05, 3.63) is 63.7 Å². The topological polar surface area (TPSA) is 155 Å². The Morgan fingerprint density at radius 1 is 1.05 bits per heavy atom. The summed E-state index contributed by atoms with van der Waals surface area (Å²) in [5.74, 6) is -2.37. The average Bonchev–Trinajstić information content (AvgIpc) is 2.80. The second-order valence-electron chi connectivity index (χ2n) is 10.1. The van der Waals surface area contributed by atoms with E-state index in [2.05, 4.69) is 10.6 Å². The van der Waals surface area contributed by atoms with E-state index < -0.39 is 54.5 Å². The summed E-state index contributed by atoms with van der Waals surface area (Å²) in [5.41, 5.74) is 7.39. The second kappa shape index (κ2) is 13.1. The van der Waals surface area contributed by atoms with Crippen LogP contribution in [-0.4, -0.2) is 46.9 Å². The zero-order chi connectivity index (χ0) is 29.5. The summed E-state index contributed by atoms with van der Waals surface area (Å²) in [6, 6.07) is 9.58. The van der Waals surface area contributed by atoms with Gasteiger partial charge >= 0.3 is 6.09 Å². The van der Waals surface area contributed by atoms with Crippen molar-refractivity contribution in [1.29, 1.82) is 5.26 Å². The predicted octanol–water partition coefficient (Wildman–Crippen LogP) is 4.07. The SMILES string of the molecule is Cc1cccc(Cl)c1NC(=O)C(c1c(C)cccc1C)N(CC#N)C(=O)C(CC(N)=O)NC(=O)OC(C)(C)C. The first kappa shape index (κ1) is 31.1. The third kappa shape index (κ3) is 8.45. The second-order valence-corrected chi connectivity index (χ2v) is 10.5. The van der Waals surface area contributed by atoms with Crippen LogP contribution in [0.4, 0.5) is 10.5 Å². The molecule has 10 nitrogen and oxygen atoms in total. The van der Waals surface area contributed by atoms with Crippen molar-refractivity contribution < 1.29 is 23.9 Å². The molecule has 0 heterocycles. The van der Waals surface area contributed by atoms with E-state index in [0.717, 1.165) is 4.90 Å². The van der Waals surface area contributed by atoms with Gasteiger partial charge in [-0.2, -0.15) is 5.26 Å². The van der Waals surface area contributed by atoms with Crippen molar-refractivity contribution in [3.8, 4) is 6.07 Å². The molecule has 4 N–H and O–H groups in total. The number of amides is 4. The van der Waals surface area contributed by atoms with E-state index in [0.29, 0.717) is 33.0 Å². The molecule has 0 aromatic heterocycles. The molecule has 0 saturated carbocycles. The average molecular weight is 556 g/mol. The monoisotopic (exact) mass is 555 g/mol. The van der Waals surface area contributed by atoms with Crippen LogP contribution in [0, 0.1) is 32.1 Å². The molecule has 0 aliphatic rings. The molecule has 2 aromatic rings. The Labute approximate surface area is 233 Å². The summed E-state index contributed by atoms with van der Waals surface area (Å²) in [6.07, 6.45) is -1.54. The number of nitriles is 1. The van der Waals surface area contributed by atoms with Crippen molar-refractivity contribution in [3.63, 3.8) is 0 Å². The zero-order valence-corrected chi connectivity index (χ0v) is 23.7. The summed E-state index contributed by atoms with van der Waals surface area (Å²) in [4.78, 5) is 53.2. The number of aryl methyl sites for hydroxylation is 3. The quantitative estimate of drug-likeness (QED) is 0.396. The summed E-state index contributed by atoms with van der Waals surface area (Å²) in [7, 11) is 0. The highest BCUT2D eigenvalue weighted by Crippen LogP contribution is 2.32. The molecule has 2 unspecified atom stereocenters. The van der Waals surface area contributed by atoms with Gasteiger partial charge in [0.15, 0.2) is 0 Å². The van der Waals surface area contributed by atoms with Crippen LogP contribution < -0.4 is 16.4 Å². The maximum atomic E-state index is 13.9. The summed E-state index contributed by atoms with van der Waals surface area (Å²) < 4.78 is 5.24. The summed E-state index contributed by atoms with van der Waals surface area (Å²) in [5, 5.41) is 15.1. The molecule has 39 heavy (non-hydrogen) atoms. The maximum absolute atomic E-state index is 13.9. The fourth-order valence-electron chi connectivity index (χ4n) is 4.09. The number of benzene rings is 2. The van der Waals surface area contributed by atoms with Gasteiger partial charge in [-0.25, -0.2) is 4.79 Å². The number of hydrogen-bond donors (Lipinski definition) is 3. The minimum atomic E-state index is -1.49. The minimum absolute atomic E-state index is 0.292. The van der Waals surface area contributed by atoms with Gasteiger partial charge in [-0.1, -0.05) is 41.9 Å². The number of nitrogens with one attached hydrogen (secondary N) is 2. The minimum Gasteiger partial charge on any atom is -0.444 e. The van der Waals surface area contributed by atoms with Gasteiger partial charge in [0.2, 0.25) is 11.8 Å². The number of carbonyl (C=O) groups excluding carboxylic acids is 4. The third-order valence-corrected chi connectivity index (χ3v) is 6.08. The molecule has 208 valence electrons. The number of halogens is 1. The van der Waals surface area contributed by atoms with Crippen molar-refractivity contribution in [2.45, 2.75) is 65.6 Å². The van der Waals surface area contributed by atoms with E-state index in [4.69, 9.17) is 22.1 Å². The number of para-hydroxylation sites is 1. The molecule has 0 aliphatic carbocycles. The first-order valence-electron chi connectivity index (χ1n) is 12.2. The lowest BCUT2D eigenvalue weighted by Crippen LogP contribution is -2.53. The van der Waals surface area contributed by atoms with Gasteiger partial charge in [0, 0.05) is 0 Å². The number of carbonyl (C=O) groups is 4. The number of hydrogen-bond acceptors (Lipinski definition) is 6. The highest BCUT2D eigenvalue weighted by atomic mass is 35.5. The molecule has 0 radical (unpaired) electrons. The highest BCUT2D eigenvalue weighted by Gasteiger charge is 2.38. The van der Waals surface area contributed by atoms with Gasteiger partial charge in [-0.05, 0) is 69.9 Å². The number of rotatable bonds is 9. The molecule has 2 rings (SSSR count). The molecule has 0 aliphatic heterocycles. The van der Waals surface area contributed by atoms with Crippen molar-refractivity contribution in [2.75, 3.05) is 11.9 Å². The standard InChI is InChI=1S/C28H34ClN5O5/c1-16-9-7-10-17(2)22(16)24(25(36)33-23-18(3)11-8-12-19(23)29)34(14-13-30)26(37)20(15-21(31)35)32-27(38)39-28(4,5)6/h7-12,20,24H,14-15H2,1-6H3,(H2,31,35)(H,32,38)(H,33,36). The van der Waals surface area contributed by atoms with Crippen molar-refractivity contribution in [2.24, 2.45) is 5.73 Å². The number of alkyl carbamates (subject to hydrolysis) is 1. The molecule has 2 aromatic carbocycles. The van der Waals surface area contributed by atoms with E-state index in [-0.39, 0.29) is 0 Å². The van der Waals surface area contributed by atoms with Gasteiger partial charge in [0.05, 0.1) is 23.2 Å². The van der Waals surface area contributed by atoms with E-state index in [1.165, 1.54) is 0 Å². The Balaban J connectivity index is 2.64. The number of anilines is 1. The van der Waals surface area contributed by atoms with Gasteiger partial charge < -0.3 is 26.0 Å². The summed E-state index contributed by atoms with van der Waals surface area (Å²) >= 11 is 6.35. The number of ether oxygens (including phenoxy) is 1. The molecule has 0 saturated heterocycles. The molecule has 0 spiro atoms. The molecular weight excluding hydrogens is 522 g/mol. The lowest BCUT2D eigenvalue weighted by molar-refractivity contribution is -0.141. The normalized spacial score (nSPS) is 12.5. The number of primary amides is 1. The Bertz CT molecular complexity index is 1260. The Hall–Kier alpha value is -4.10. The van der Waals surface area contributed by atoms with Crippen LogP contribution >= 0.6 is 11.6 Å². The van der Waals surface area contributed by atoms with Crippen molar-refractivity contribution >= 4 is 41.1 Å². The van der Waals surface area contributed by atoms with Crippen LogP contribution in [0.1, 0.15) is 55.5 Å². The molecule has 11 heteroatoms. The Morgan fingerprint density at radius 2 is 1.62 bits per heavy atom. The maximum Gasteiger partial charge on any atom is 0.408 e. The summed E-state index contributed by atoms with van der Waals surface area (Å²) in [6.45, 7) is 9.70. The molecule has 2 atom stereocenters. The zero-order valence-electron chi connectivity index (χ0n) is 22.9. The van der Waals surface area contributed by atoms with Crippen LogP contribution in [0.25, 0.3) is 0 Å². The van der Waals surface area contributed by atoms with Crippen LogP contribution in [0.2, 0.25) is 5.02 Å². The fraction of sp³-hybridized carbons (Fsp3) is 0.393. The lowest BCUT2D eigenvalue weighted by atomic mass is 9.93. The molecule has 0 fully saturated rings. The molecule has 4 amide bonds. The lowest BCUT2D eigenvalue weighted by Gasteiger charge is -2.34. The first-order chi connectivity index (χ1) is 18.2. The third-order valence-electron chi connectivity index (χ3n) is 5.76. The fourth-order valence-corrected chi connectivity index (χ4v) is 4.36. The van der Waals surface area contributed by atoms with Gasteiger partial charge in [-0.15, -0.1) is 0 Å². The Kier molecular flexibility index (Phi) is 10.5. The van der Waals surface area contributed by atoms with Crippen molar-refractivity contribution in [1.82, 2.24) is 10.2 Å².